The van der Waals surface area contributed by atoms with Gasteiger partial charge in [-0.2, -0.15) is 0 Å². The van der Waals surface area contributed by atoms with Crippen LogP contribution in [0.1, 0.15) is 50.5 Å². The molecule has 0 heterocycles. The largest absolute Gasteiger partial charge is 0.481 e. The van der Waals surface area contributed by atoms with Crippen LogP contribution in [0.3, 0.4) is 0 Å². The van der Waals surface area contributed by atoms with Crippen LogP contribution in [0.5, 0.6) is 0 Å². The van der Waals surface area contributed by atoms with Gasteiger partial charge in [-0.25, -0.2) is 0 Å². The van der Waals surface area contributed by atoms with Crippen molar-refractivity contribution in [3.05, 3.63) is 35.9 Å². The lowest BCUT2D eigenvalue weighted by Gasteiger charge is -2.26. The van der Waals surface area contributed by atoms with E-state index < -0.39 is 5.97 Å². The molecule has 1 fully saturated rings. The number of benzene rings is 1. The van der Waals surface area contributed by atoms with Crippen LogP contribution in [-0.2, 0) is 16.1 Å². The monoisotopic (exact) mass is 303 g/mol. The lowest BCUT2D eigenvalue weighted by Crippen LogP contribution is -2.34. The zero-order valence-electron chi connectivity index (χ0n) is 13.0. The molecule has 1 N–H and O–H groups in total. The number of hydrogen-bond acceptors (Lipinski definition) is 2. The molecular weight excluding hydrogens is 278 g/mol. The van der Waals surface area contributed by atoms with Crippen LogP contribution >= 0.6 is 0 Å². The first kappa shape index (κ1) is 16.5. The van der Waals surface area contributed by atoms with Gasteiger partial charge in [0.1, 0.15) is 0 Å². The van der Waals surface area contributed by atoms with Crippen molar-refractivity contribution >= 4 is 11.9 Å². The Bertz CT molecular complexity index is 480. The van der Waals surface area contributed by atoms with Crippen LogP contribution in [0.25, 0.3) is 0 Å². The van der Waals surface area contributed by atoms with Crippen LogP contribution in [0.4, 0.5) is 0 Å². The van der Waals surface area contributed by atoms with Gasteiger partial charge in [0.05, 0.1) is 6.42 Å². The van der Waals surface area contributed by atoms with Gasteiger partial charge in [-0.15, -0.1) is 0 Å². The summed E-state index contributed by atoms with van der Waals surface area (Å²) in [5.74, 6) is -0.287. The highest BCUT2D eigenvalue weighted by Gasteiger charge is 2.21. The Hall–Kier alpha value is -1.84. The van der Waals surface area contributed by atoms with E-state index in [1.54, 1.807) is 4.90 Å². The van der Waals surface area contributed by atoms with Gasteiger partial charge >= 0.3 is 5.97 Å². The van der Waals surface area contributed by atoms with Gasteiger partial charge in [0.15, 0.2) is 0 Å². The molecule has 1 aromatic rings. The molecule has 0 bridgehead atoms. The van der Waals surface area contributed by atoms with Gasteiger partial charge in [-0.1, -0.05) is 49.6 Å². The Labute approximate surface area is 132 Å². The smallest absolute Gasteiger partial charge is 0.305 e. The number of hydrogen-bond donors (Lipinski definition) is 1. The summed E-state index contributed by atoms with van der Waals surface area (Å²) in [6.45, 7) is 0.787. The van der Waals surface area contributed by atoms with Crippen molar-refractivity contribution in [3.8, 4) is 0 Å². The third-order valence-electron chi connectivity index (χ3n) is 4.35. The highest BCUT2D eigenvalue weighted by Crippen LogP contribution is 2.27. The molecule has 120 valence electrons. The van der Waals surface area contributed by atoms with Crippen LogP contribution in [0.15, 0.2) is 30.3 Å². The maximum absolute atomic E-state index is 12.6. The standard InChI is InChI=1S/C18H25NO3/c20-17(13-15-7-3-1-4-8-15)19(12-11-18(21)22)14-16-9-5-2-6-10-16/h2,5-6,9-10,15H,1,3-4,7-8,11-14H2,(H,21,22). The van der Waals surface area contributed by atoms with E-state index in [0.29, 0.717) is 18.9 Å². The van der Waals surface area contributed by atoms with Crippen LogP contribution in [0, 0.1) is 5.92 Å². The molecule has 0 saturated heterocycles. The molecule has 0 unspecified atom stereocenters. The minimum absolute atomic E-state index is 0.00321. The summed E-state index contributed by atoms with van der Waals surface area (Å²) in [6.07, 6.45) is 6.53. The lowest BCUT2D eigenvalue weighted by molar-refractivity contribution is -0.139. The second-order valence-electron chi connectivity index (χ2n) is 6.15. The molecule has 0 spiro atoms. The molecule has 4 heteroatoms. The molecule has 0 aliphatic heterocycles. The Morgan fingerprint density at radius 1 is 1.09 bits per heavy atom. The first-order valence-electron chi connectivity index (χ1n) is 8.18. The summed E-state index contributed by atoms with van der Waals surface area (Å²) in [5.41, 5.74) is 1.05. The molecule has 1 aromatic carbocycles. The highest BCUT2D eigenvalue weighted by atomic mass is 16.4. The Balaban J connectivity index is 1.95. The van der Waals surface area contributed by atoms with Crippen molar-refractivity contribution in [2.45, 2.75) is 51.5 Å². The minimum Gasteiger partial charge on any atom is -0.481 e. The molecule has 0 atom stereocenters. The third-order valence-corrected chi connectivity index (χ3v) is 4.35. The van der Waals surface area contributed by atoms with E-state index in [1.165, 1.54) is 19.3 Å². The maximum Gasteiger partial charge on any atom is 0.305 e. The van der Waals surface area contributed by atoms with Crippen molar-refractivity contribution in [1.82, 2.24) is 4.90 Å². The highest BCUT2D eigenvalue weighted by molar-refractivity contribution is 5.77. The zero-order chi connectivity index (χ0) is 15.8. The van der Waals surface area contributed by atoms with E-state index in [0.717, 1.165) is 18.4 Å². The Kier molecular flexibility index (Phi) is 6.44. The van der Waals surface area contributed by atoms with E-state index >= 15 is 0 Å². The molecule has 1 aliphatic rings. The Morgan fingerprint density at radius 2 is 1.77 bits per heavy atom. The number of aliphatic carboxylic acids is 1. The number of carbonyl (C=O) groups excluding carboxylic acids is 1. The van der Waals surface area contributed by atoms with Gasteiger partial charge < -0.3 is 10.0 Å². The molecule has 1 amide bonds. The zero-order valence-corrected chi connectivity index (χ0v) is 13.0. The molecular formula is C18H25NO3. The minimum atomic E-state index is -0.858. The molecule has 0 aromatic heterocycles. The van der Waals surface area contributed by atoms with Gasteiger partial charge in [-0.05, 0) is 24.3 Å². The van der Waals surface area contributed by atoms with Crippen molar-refractivity contribution in [2.75, 3.05) is 6.54 Å². The summed E-state index contributed by atoms with van der Waals surface area (Å²) in [5, 5.41) is 8.89. The summed E-state index contributed by atoms with van der Waals surface area (Å²) in [6, 6.07) is 9.77. The second kappa shape index (κ2) is 8.57. The van der Waals surface area contributed by atoms with E-state index in [2.05, 4.69) is 0 Å². The van der Waals surface area contributed by atoms with Crippen molar-refractivity contribution < 1.29 is 14.7 Å². The normalized spacial score (nSPS) is 15.5. The average molecular weight is 303 g/mol. The summed E-state index contributed by atoms with van der Waals surface area (Å²) >= 11 is 0. The predicted molar refractivity (Wildman–Crippen MR) is 85.3 cm³/mol. The van der Waals surface area contributed by atoms with Gasteiger partial charge in [0, 0.05) is 19.5 Å². The van der Waals surface area contributed by atoms with Crippen LogP contribution < -0.4 is 0 Å². The fourth-order valence-electron chi connectivity index (χ4n) is 3.09. The number of carboxylic acid groups (broad SMARTS) is 1. The van der Waals surface area contributed by atoms with Crippen LogP contribution in [-0.4, -0.2) is 28.4 Å². The summed E-state index contributed by atoms with van der Waals surface area (Å²) in [7, 11) is 0. The maximum atomic E-state index is 12.6. The number of nitrogens with zero attached hydrogens (tertiary/aromatic N) is 1. The average Bonchev–Trinajstić information content (AvgIpc) is 2.53. The van der Waals surface area contributed by atoms with Crippen molar-refractivity contribution in [3.63, 3.8) is 0 Å². The van der Waals surface area contributed by atoms with E-state index in [1.807, 2.05) is 30.3 Å². The van der Waals surface area contributed by atoms with Crippen molar-refractivity contribution in [2.24, 2.45) is 5.92 Å². The van der Waals surface area contributed by atoms with Crippen LogP contribution in [0.2, 0.25) is 0 Å². The van der Waals surface area contributed by atoms with E-state index in [-0.39, 0.29) is 18.9 Å². The molecule has 22 heavy (non-hydrogen) atoms. The molecule has 1 saturated carbocycles. The Morgan fingerprint density at radius 3 is 2.41 bits per heavy atom. The fourth-order valence-corrected chi connectivity index (χ4v) is 3.09. The predicted octanol–water partition coefficient (Wildman–Crippen LogP) is 3.46. The summed E-state index contributed by atoms with van der Waals surface area (Å²) in [4.78, 5) is 25.1. The lowest BCUT2D eigenvalue weighted by atomic mass is 9.86. The number of rotatable bonds is 7. The van der Waals surface area contributed by atoms with Crippen molar-refractivity contribution in [1.29, 1.82) is 0 Å². The topological polar surface area (TPSA) is 57.6 Å². The van der Waals surface area contributed by atoms with E-state index in [4.69, 9.17) is 5.11 Å². The SMILES string of the molecule is O=C(O)CCN(Cc1ccccc1)C(=O)CC1CCCCC1. The summed E-state index contributed by atoms with van der Waals surface area (Å²) < 4.78 is 0. The molecule has 2 rings (SSSR count). The molecule has 1 aliphatic carbocycles. The second-order valence-corrected chi connectivity index (χ2v) is 6.15. The number of amides is 1. The van der Waals surface area contributed by atoms with Gasteiger partial charge in [0.2, 0.25) is 5.91 Å². The number of carbonyl (C=O) groups is 2. The molecule has 4 nitrogen and oxygen atoms in total. The third kappa shape index (κ3) is 5.51. The first-order valence-corrected chi connectivity index (χ1v) is 8.18. The quantitative estimate of drug-likeness (QED) is 0.839. The van der Waals surface area contributed by atoms with E-state index in [9.17, 15) is 9.59 Å². The van der Waals surface area contributed by atoms with Gasteiger partial charge in [-0.3, -0.25) is 9.59 Å². The number of carboxylic acids is 1. The first-order chi connectivity index (χ1) is 10.6. The fraction of sp³-hybridized carbons (Fsp3) is 0.556. The molecule has 0 radical (unpaired) electrons. The van der Waals surface area contributed by atoms with Gasteiger partial charge in [0.25, 0.3) is 0 Å².